The van der Waals surface area contributed by atoms with Crippen molar-refractivity contribution < 1.29 is 13.9 Å². The molecule has 0 unspecified atom stereocenters. The first-order valence-corrected chi connectivity index (χ1v) is 7.26. The van der Waals surface area contributed by atoms with E-state index in [1.807, 2.05) is 0 Å². The number of carbonyl (C=O) groups is 1. The largest absolute Gasteiger partial charge is 0.457 e. The number of hydrogen-bond donors (Lipinski definition) is 0. The summed E-state index contributed by atoms with van der Waals surface area (Å²) >= 11 is 12.1. The third-order valence-electron chi connectivity index (χ3n) is 2.80. The van der Waals surface area contributed by atoms with Gasteiger partial charge in [0, 0.05) is 11.6 Å². The van der Waals surface area contributed by atoms with Crippen molar-refractivity contribution in [3.63, 3.8) is 0 Å². The number of nitriles is 1. The molecule has 4 nitrogen and oxygen atoms in total. The predicted octanol–water partition coefficient (Wildman–Crippen LogP) is 4.89. The highest BCUT2D eigenvalue weighted by Crippen LogP contribution is 2.34. The fourth-order valence-corrected chi connectivity index (χ4v) is 2.15. The maximum Gasteiger partial charge on any atom is 0.349 e. The first-order valence-electron chi connectivity index (χ1n) is 6.51. The summed E-state index contributed by atoms with van der Waals surface area (Å²) in [4.78, 5) is 11.7. The molecule has 0 atom stereocenters. The number of nitrogens with zero attached hydrogens (tertiary/aromatic N) is 1. The van der Waals surface area contributed by atoms with Gasteiger partial charge in [-0.1, -0.05) is 41.9 Å². The lowest BCUT2D eigenvalue weighted by Crippen LogP contribution is -2.06. The second kappa shape index (κ2) is 7.68. The third-order valence-corrected chi connectivity index (χ3v) is 3.62. The van der Waals surface area contributed by atoms with Crippen LogP contribution in [-0.2, 0) is 9.53 Å². The molecule has 0 saturated carbocycles. The summed E-state index contributed by atoms with van der Waals surface area (Å²) in [5, 5.41) is 9.81. The average molecular weight is 348 g/mol. The molecular weight excluding hydrogens is 337 g/mol. The number of esters is 1. The average Bonchev–Trinajstić information content (AvgIpc) is 3.01. The van der Waals surface area contributed by atoms with Gasteiger partial charge >= 0.3 is 5.97 Å². The molecule has 0 radical (unpaired) electrons. The van der Waals surface area contributed by atoms with Gasteiger partial charge in [0.15, 0.2) is 0 Å². The molecule has 2 aromatic rings. The predicted molar refractivity (Wildman–Crippen MR) is 88.9 cm³/mol. The third kappa shape index (κ3) is 4.04. The summed E-state index contributed by atoms with van der Waals surface area (Å²) in [7, 11) is 0. The molecule has 0 aliphatic carbocycles. The second-order valence-corrected chi connectivity index (χ2v) is 5.15. The van der Waals surface area contributed by atoms with Crippen molar-refractivity contribution in [3.05, 3.63) is 64.4 Å². The van der Waals surface area contributed by atoms with E-state index in [1.54, 1.807) is 36.4 Å². The van der Waals surface area contributed by atoms with Crippen LogP contribution in [0, 0.1) is 11.3 Å². The molecule has 2 rings (SSSR count). The van der Waals surface area contributed by atoms with Crippen LogP contribution in [0.4, 0.5) is 0 Å². The second-order valence-electron chi connectivity index (χ2n) is 4.36. The Morgan fingerprint density at radius 3 is 2.83 bits per heavy atom. The normalized spacial score (nSPS) is 10.9. The maximum absolute atomic E-state index is 11.7. The Morgan fingerprint density at radius 2 is 2.13 bits per heavy atom. The van der Waals surface area contributed by atoms with E-state index in [1.165, 1.54) is 12.2 Å². The Bertz CT molecular complexity index is 815. The van der Waals surface area contributed by atoms with Crippen molar-refractivity contribution in [1.29, 1.82) is 5.26 Å². The van der Waals surface area contributed by atoms with Crippen LogP contribution in [0.15, 0.2) is 53.0 Å². The lowest BCUT2D eigenvalue weighted by molar-refractivity contribution is -0.137. The van der Waals surface area contributed by atoms with Gasteiger partial charge in [0.25, 0.3) is 0 Å². The molecule has 23 heavy (non-hydrogen) atoms. The molecule has 1 aromatic carbocycles. The lowest BCUT2D eigenvalue weighted by atomic mass is 10.2. The highest BCUT2D eigenvalue weighted by Gasteiger charge is 2.13. The van der Waals surface area contributed by atoms with Crippen molar-refractivity contribution in [3.8, 4) is 17.4 Å². The number of furan rings is 1. The molecule has 0 aliphatic rings. The quantitative estimate of drug-likeness (QED) is 0.334. The van der Waals surface area contributed by atoms with Crippen LogP contribution < -0.4 is 0 Å². The number of benzene rings is 1. The van der Waals surface area contributed by atoms with E-state index in [4.69, 9.17) is 37.6 Å². The monoisotopic (exact) mass is 347 g/mol. The van der Waals surface area contributed by atoms with E-state index in [2.05, 4.69) is 6.58 Å². The van der Waals surface area contributed by atoms with Crippen molar-refractivity contribution in [1.82, 2.24) is 0 Å². The first-order chi connectivity index (χ1) is 11.1. The van der Waals surface area contributed by atoms with Crippen molar-refractivity contribution >= 4 is 35.2 Å². The summed E-state index contributed by atoms with van der Waals surface area (Å²) in [6.07, 6.45) is 2.71. The summed E-state index contributed by atoms with van der Waals surface area (Å²) in [6.45, 7) is 3.46. The van der Waals surface area contributed by atoms with Crippen molar-refractivity contribution in [2.75, 3.05) is 6.61 Å². The Hall–Kier alpha value is -2.48. The van der Waals surface area contributed by atoms with Crippen LogP contribution in [0.3, 0.4) is 0 Å². The van der Waals surface area contributed by atoms with E-state index >= 15 is 0 Å². The van der Waals surface area contributed by atoms with Gasteiger partial charge in [-0.15, -0.1) is 0 Å². The molecule has 0 fully saturated rings. The van der Waals surface area contributed by atoms with E-state index < -0.39 is 5.97 Å². The Kier molecular flexibility index (Phi) is 5.64. The molecule has 0 amide bonds. The first kappa shape index (κ1) is 16.9. The van der Waals surface area contributed by atoms with Crippen LogP contribution in [-0.4, -0.2) is 12.6 Å². The standard InChI is InChI=1S/C17H11Cl2NO3/c1-2-8-22-17(21)11(10-20)9-12-6-7-15(23-12)13-4-3-5-14(18)16(13)19/h2-7,9H,1,8H2/b11-9-. The van der Waals surface area contributed by atoms with E-state index in [-0.39, 0.29) is 12.2 Å². The topological polar surface area (TPSA) is 63.2 Å². The number of carbonyl (C=O) groups excluding carboxylic acids is 1. The molecule has 0 spiro atoms. The fraction of sp³-hybridized carbons (Fsp3) is 0.0588. The molecule has 0 aliphatic heterocycles. The Balaban J connectivity index is 2.30. The zero-order chi connectivity index (χ0) is 16.8. The number of ether oxygens (including phenoxy) is 1. The van der Waals surface area contributed by atoms with Gasteiger partial charge in [0.1, 0.15) is 29.8 Å². The minimum atomic E-state index is -0.744. The molecular formula is C17H11Cl2NO3. The van der Waals surface area contributed by atoms with Gasteiger partial charge < -0.3 is 9.15 Å². The van der Waals surface area contributed by atoms with Gasteiger partial charge in [0.05, 0.1) is 10.0 Å². The molecule has 0 N–H and O–H groups in total. The zero-order valence-corrected chi connectivity index (χ0v) is 13.4. The zero-order valence-electron chi connectivity index (χ0n) is 11.9. The molecule has 1 aromatic heterocycles. The van der Waals surface area contributed by atoms with Crippen molar-refractivity contribution in [2.24, 2.45) is 0 Å². The molecule has 1 heterocycles. The van der Waals surface area contributed by atoms with Crippen molar-refractivity contribution in [2.45, 2.75) is 0 Å². The van der Waals surface area contributed by atoms with Gasteiger partial charge in [0.2, 0.25) is 0 Å². The Labute approximate surface area is 143 Å². The maximum atomic E-state index is 11.7. The van der Waals surface area contributed by atoms with E-state index in [0.717, 1.165) is 0 Å². The molecule has 116 valence electrons. The molecule has 6 heteroatoms. The van der Waals surface area contributed by atoms with Gasteiger partial charge in [-0.05, 0) is 24.3 Å². The summed E-state index contributed by atoms with van der Waals surface area (Å²) < 4.78 is 10.4. The number of hydrogen-bond acceptors (Lipinski definition) is 4. The van der Waals surface area contributed by atoms with Crippen LogP contribution in [0.2, 0.25) is 10.0 Å². The summed E-state index contributed by atoms with van der Waals surface area (Å²) in [5.74, 6) is 0.0507. The van der Waals surface area contributed by atoms with E-state index in [0.29, 0.717) is 27.1 Å². The minimum absolute atomic E-state index is 0.0272. The van der Waals surface area contributed by atoms with Gasteiger partial charge in [-0.25, -0.2) is 4.79 Å². The summed E-state index contributed by atoms with van der Waals surface area (Å²) in [5.41, 5.74) is 0.441. The smallest absolute Gasteiger partial charge is 0.349 e. The summed E-state index contributed by atoms with van der Waals surface area (Å²) in [6, 6.07) is 10.2. The van der Waals surface area contributed by atoms with Crippen LogP contribution in [0.1, 0.15) is 5.76 Å². The highest BCUT2D eigenvalue weighted by molar-refractivity contribution is 6.43. The van der Waals surface area contributed by atoms with Crippen LogP contribution in [0.25, 0.3) is 17.4 Å². The van der Waals surface area contributed by atoms with Crippen LogP contribution in [0.5, 0.6) is 0 Å². The van der Waals surface area contributed by atoms with Gasteiger partial charge in [-0.3, -0.25) is 0 Å². The van der Waals surface area contributed by atoms with Crippen LogP contribution >= 0.6 is 23.2 Å². The SMILES string of the molecule is C=CCOC(=O)/C(C#N)=C\c1ccc(-c2cccc(Cl)c2Cl)o1. The number of halogens is 2. The fourth-order valence-electron chi connectivity index (χ4n) is 1.76. The lowest BCUT2D eigenvalue weighted by Gasteiger charge is -2.02. The highest BCUT2D eigenvalue weighted by atomic mass is 35.5. The Morgan fingerprint density at radius 1 is 1.35 bits per heavy atom. The number of rotatable bonds is 5. The minimum Gasteiger partial charge on any atom is -0.457 e. The van der Waals surface area contributed by atoms with E-state index in [9.17, 15) is 4.79 Å². The van der Waals surface area contributed by atoms with Gasteiger partial charge in [-0.2, -0.15) is 5.26 Å². The molecule has 0 bridgehead atoms. The molecule has 0 saturated heterocycles.